The minimum absolute atomic E-state index is 0. The molecule has 0 amide bonds. The van der Waals surface area contributed by atoms with Gasteiger partial charge in [-0.3, -0.25) is 0 Å². The molecule has 1 heteroatoms. The Morgan fingerprint density at radius 2 is 1.40 bits per heavy atom. The average molecular weight is 203 g/mol. The van der Waals surface area contributed by atoms with Crippen LogP contribution >= 0.6 is 17.0 Å². The van der Waals surface area contributed by atoms with Crippen LogP contribution in [-0.4, -0.2) is 0 Å². The van der Waals surface area contributed by atoms with E-state index in [1.165, 1.54) is 23.7 Å². The van der Waals surface area contributed by atoms with E-state index in [0.717, 1.165) is 0 Å². The number of fused-ring (bicyclic) bond motifs is 5. The van der Waals surface area contributed by atoms with Gasteiger partial charge in [-0.1, -0.05) is 19.3 Å². The van der Waals surface area contributed by atoms with E-state index in [2.05, 4.69) is 0 Å². The first-order valence-corrected chi connectivity index (χ1v) is 4.45. The first-order chi connectivity index (χ1) is 4.45. The van der Waals surface area contributed by atoms with Crippen LogP contribution in [0.3, 0.4) is 0 Å². The predicted molar refractivity (Wildman–Crippen MR) is 47.4 cm³/mol. The molecule has 10 heavy (non-hydrogen) atoms. The number of hydrogen-bond acceptors (Lipinski definition) is 0. The van der Waals surface area contributed by atoms with E-state index in [1.807, 2.05) is 0 Å². The van der Waals surface area contributed by atoms with Gasteiger partial charge in [0.25, 0.3) is 0 Å². The second kappa shape index (κ2) is 2.23. The minimum atomic E-state index is 0. The van der Waals surface area contributed by atoms with Crippen LogP contribution in [0.1, 0.15) is 32.1 Å². The maximum absolute atomic E-state index is 1.62. The summed E-state index contributed by atoms with van der Waals surface area (Å²) in [5, 5.41) is 0. The van der Waals surface area contributed by atoms with E-state index >= 15 is 0 Å². The first-order valence-electron chi connectivity index (χ1n) is 4.45. The van der Waals surface area contributed by atoms with E-state index in [-0.39, 0.29) is 17.0 Å². The van der Waals surface area contributed by atoms with Gasteiger partial charge in [-0.15, -0.1) is 17.0 Å². The fourth-order valence-electron chi connectivity index (χ4n) is 3.36. The first kappa shape index (κ1) is 7.15. The van der Waals surface area contributed by atoms with Crippen molar-refractivity contribution in [1.82, 2.24) is 0 Å². The molecule has 4 unspecified atom stereocenters. The number of hydrogen-bond donors (Lipinski definition) is 0. The summed E-state index contributed by atoms with van der Waals surface area (Å²) in [6, 6.07) is 0. The summed E-state index contributed by atoms with van der Waals surface area (Å²) in [6.07, 6.45) is 7.96. The molecular weight excluding hydrogens is 188 g/mol. The van der Waals surface area contributed by atoms with Crippen molar-refractivity contribution >= 4 is 17.0 Å². The third-order valence-corrected chi connectivity index (χ3v) is 3.86. The second-order valence-electron chi connectivity index (χ2n) is 4.25. The van der Waals surface area contributed by atoms with Crippen molar-refractivity contribution in [3.63, 3.8) is 0 Å². The van der Waals surface area contributed by atoms with Gasteiger partial charge in [0, 0.05) is 0 Å². The minimum Gasteiger partial charge on any atom is -0.114 e. The molecule has 4 atom stereocenters. The highest BCUT2D eigenvalue weighted by atomic mass is 79.9. The van der Waals surface area contributed by atoms with Gasteiger partial charge >= 0.3 is 0 Å². The van der Waals surface area contributed by atoms with Crippen LogP contribution in [-0.2, 0) is 0 Å². The molecule has 3 rings (SSSR count). The van der Waals surface area contributed by atoms with E-state index in [4.69, 9.17) is 0 Å². The molecule has 0 aromatic heterocycles. The maximum Gasteiger partial charge on any atom is -0.0352 e. The summed E-state index contributed by atoms with van der Waals surface area (Å²) in [7, 11) is 0. The molecule has 0 aromatic rings. The molecule has 3 aliphatic rings. The molecule has 0 radical (unpaired) electrons. The summed E-state index contributed by atoms with van der Waals surface area (Å²) in [5.74, 6) is 4.87. The molecule has 58 valence electrons. The molecular formula is C9H15Br. The van der Waals surface area contributed by atoms with Gasteiger partial charge < -0.3 is 0 Å². The van der Waals surface area contributed by atoms with Gasteiger partial charge in [0.1, 0.15) is 0 Å². The molecule has 0 nitrogen and oxygen atoms in total. The maximum atomic E-state index is 1.62. The lowest BCUT2D eigenvalue weighted by molar-refractivity contribution is 0.303. The van der Waals surface area contributed by atoms with Gasteiger partial charge in [0.05, 0.1) is 0 Å². The Hall–Kier alpha value is 0.480. The van der Waals surface area contributed by atoms with Crippen LogP contribution in [0.4, 0.5) is 0 Å². The molecule has 3 aliphatic carbocycles. The van der Waals surface area contributed by atoms with Crippen LogP contribution in [0, 0.1) is 23.7 Å². The van der Waals surface area contributed by atoms with Crippen molar-refractivity contribution in [3.05, 3.63) is 0 Å². The molecule has 0 aromatic carbocycles. The van der Waals surface area contributed by atoms with E-state index in [0.29, 0.717) is 0 Å². The topological polar surface area (TPSA) is 0 Å². The Labute approximate surface area is 73.2 Å². The SMILES string of the molecule is Br.C1CC2CC(C1)C1CC21. The zero-order valence-corrected chi connectivity index (χ0v) is 7.97. The van der Waals surface area contributed by atoms with Crippen LogP contribution in [0.5, 0.6) is 0 Å². The molecule has 3 saturated carbocycles. The van der Waals surface area contributed by atoms with Crippen molar-refractivity contribution in [3.8, 4) is 0 Å². The van der Waals surface area contributed by atoms with Crippen molar-refractivity contribution in [2.45, 2.75) is 32.1 Å². The van der Waals surface area contributed by atoms with Gasteiger partial charge in [0.2, 0.25) is 0 Å². The van der Waals surface area contributed by atoms with Crippen LogP contribution < -0.4 is 0 Å². The normalized spacial score (nSPS) is 55.2. The molecule has 0 aliphatic heterocycles. The summed E-state index contributed by atoms with van der Waals surface area (Å²) in [6.45, 7) is 0. The van der Waals surface area contributed by atoms with E-state index in [9.17, 15) is 0 Å². The van der Waals surface area contributed by atoms with Crippen molar-refractivity contribution in [1.29, 1.82) is 0 Å². The van der Waals surface area contributed by atoms with Crippen LogP contribution in [0.25, 0.3) is 0 Å². The average Bonchev–Trinajstić information content (AvgIpc) is 2.62. The van der Waals surface area contributed by atoms with E-state index < -0.39 is 0 Å². The zero-order chi connectivity index (χ0) is 5.84. The molecule has 2 bridgehead atoms. The molecule has 3 fully saturated rings. The van der Waals surface area contributed by atoms with Gasteiger partial charge in [0.15, 0.2) is 0 Å². The molecule has 0 N–H and O–H groups in total. The summed E-state index contributed by atoms with van der Waals surface area (Å²) < 4.78 is 0. The highest BCUT2D eigenvalue weighted by Crippen LogP contribution is 2.63. The zero-order valence-electron chi connectivity index (χ0n) is 6.25. The lowest BCUT2D eigenvalue weighted by Crippen LogP contribution is -2.09. The standard InChI is InChI=1S/C9H14.BrH/c1-2-6-4-7(3-1)9-5-8(6)9;/h6-9H,1-5H2;1H. The third kappa shape index (κ3) is 0.792. The smallest absolute Gasteiger partial charge is 0.0352 e. The highest BCUT2D eigenvalue weighted by molar-refractivity contribution is 8.93. The fraction of sp³-hybridized carbons (Fsp3) is 1.00. The molecule has 0 heterocycles. The summed E-state index contributed by atoms with van der Waals surface area (Å²) in [5.41, 5.74) is 0. The Kier molecular flexibility index (Phi) is 1.59. The van der Waals surface area contributed by atoms with Crippen LogP contribution in [0.15, 0.2) is 0 Å². The fourth-order valence-corrected chi connectivity index (χ4v) is 3.36. The van der Waals surface area contributed by atoms with Crippen molar-refractivity contribution < 1.29 is 0 Å². The van der Waals surface area contributed by atoms with Crippen molar-refractivity contribution in [2.24, 2.45) is 23.7 Å². The largest absolute Gasteiger partial charge is 0.114 e. The van der Waals surface area contributed by atoms with Gasteiger partial charge in [-0.25, -0.2) is 0 Å². The quantitative estimate of drug-likeness (QED) is 0.567. The van der Waals surface area contributed by atoms with E-state index in [1.54, 1.807) is 32.1 Å². The lowest BCUT2D eigenvalue weighted by Gasteiger charge is -2.21. The second-order valence-corrected chi connectivity index (χ2v) is 4.25. The summed E-state index contributed by atoms with van der Waals surface area (Å²) in [4.78, 5) is 0. The number of rotatable bonds is 0. The van der Waals surface area contributed by atoms with Gasteiger partial charge in [-0.05, 0) is 36.5 Å². The molecule has 0 saturated heterocycles. The predicted octanol–water partition coefficient (Wildman–Crippen LogP) is 3.02. The molecule has 0 spiro atoms. The van der Waals surface area contributed by atoms with Crippen molar-refractivity contribution in [2.75, 3.05) is 0 Å². The third-order valence-electron chi connectivity index (χ3n) is 3.86. The van der Waals surface area contributed by atoms with Crippen LogP contribution in [0.2, 0.25) is 0 Å². The number of halogens is 1. The Bertz CT molecular complexity index is 130. The van der Waals surface area contributed by atoms with Gasteiger partial charge in [-0.2, -0.15) is 0 Å². The Morgan fingerprint density at radius 1 is 0.800 bits per heavy atom. The Balaban J connectivity index is 0.000000403. The Morgan fingerprint density at radius 3 is 1.90 bits per heavy atom. The summed E-state index contributed by atoms with van der Waals surface area (Å²) >= 11 is 0. The monoisotopic (exact) mass is 202 g/mol. The lowest BCUT2D eigenvalue weighted by atomic mass is 9.84. The highest BCUT2D eigenvalue weighted by Gasteiger charge is 2.54.